The molecule has 1 amide bonds. The summed E-state index contributed by atoms with van der Waals surface area (Å²) in [4.78, 5) is 23.0. The molecule has 11 heteroatoms. The lowest BCUT2D eigenvalue weighted by molar-refractivity contribution is -0.386. The van der Waals surface area contributed by atoms with Crippen molar-refractivity contribution in [1.29, 1.82) is 0 Å². The molecular formula is C21H17FN6O4. The maximum absolute atomic E-state index is 13.8. The second-order valence-corrected chi connectivity index (χ2v) is 6.71. The maximum atomic E-state index is 13.8. The summed E-state index contributed by atoms with van der Waals surface area (Å²) in [5.74, 6) is -0.705. The molecule has 2 aromatic carbocycles. The lowest BCUT2D eigenvalue weighted by atomic mass is 10.2. The van der Waals surface area contributed by atoms with Gasteiger partial charge in [-0.05, 0) is 18.2 Å². The van der Waals surface area contributed by atoms with Gasteiger partial charge < -0.3 is 10.1 Å². The topological polar surface area (TPSA) is 117 Å². The van der Waals surface area contributed by atoms with E-state index in [4.69, 9.17) is 4.74 Å². The second kappa shape index (κ2) is 9.08. The number of carbonyl (C=O) groups is 1. The Morgan fingerprint density at radius 3 is 2.72 bits per heavy atom. The molecule has 0 unspecified atom stereocenters. The first kappa shape index (κ1) is 20.7. The van der Waals surface area contributed by atoms with E-state index in [2.05, 4.69) is 15.5 Å². The van der Waals surface area contributed by atoms with Crippen molar-refractivity contribution in [1.82, 2.24) is 19.6 Å². The van der Waals surface area contributed by atoms with Crippen LogP contribution < -0.4 is 10.1 Å². The Bertz CT molecular complexity index is 1270. The standard InChI is InChI=1S/C21H17FN6O4/c22-17-6-2-1-5-15(17)12-27-13-16(11-23-27)24-21(29)18-9-10-26(25-18)14-32-20-8-4-3-7-19(20)28(30)31/h1-11,13H,12,14H2,(H,24,29). The summed E-state index contributed by atoms with van der Waals surface area (Å²) in [6.45, 7) is 0.110. The van der Waals surface area contributed by atoms with E-state index < -0.39 is 10.8 Å². The summed E-state index contributed by atoms with van der Waals surface area (Å²) in [7, 11) is 0. The Balaban J connectivity index is 1.36. The van der Waals surface area contributed by atoms with E-state index in [0.29, 0.717) is 11.3 Å². The van der Waals surface area contributed by atoms with E-state index >= 15 is 0 Å². The maximum Gasteiger partial charge on any atom is 0.311 e. The van der Waals surface area contributed by atoms with Gasteiger partial charge in [-0.15, -0.1) is 0 Å². The zero-order valence-corrected chi connectivity index (χ0v) is 16.6. The van der Waals surface area contributed by atoms with Gasteiger partial charge in [0, 0.05) is 24.0 Å². The first-order valence-corrected chi connectivity index (χ1v) is 9.46. The molecule has 10 nitrogen and oxygen atoms in total. The molecule has 2 heterocycles. The predicted molar refractivity (Wildman–Crippen MR) is 112 cm³/mol. The van der Waals surface area contributed by atoms with E-state index in [0.717, 1.165) is 0 Å². The van der Waals surface area contributed by atoms with Crippen LogP contribution in [0.15, 0.2) is 73.2 Å². The highest BCUT2D eigenvalue weighted by molar-refractivity contribution is 6.02. The summed E-state index contributed by atoms with van der Waals surface area (Å²) in [6.07, 6.45) is 4.55. The van der Waals surface area contributed by atoms with Gasteiger partial charge in [0.15, 0.2) is 18.2 Å². The number of hydrogen-bond acceptors (Lipinski definition) is 6. The molecule has 0 aliphatic carbocycles. The van der Waals surface area contributed by atoms with Crippen LogP contribution in [0.5, 0.6) is 5.75 Å². The molecule has 2 aromatic heterocycles. The Labute approximate surface area is 181 Å². The molecule has 0 bridgehead atoms. The predicted octanol–water partition coefficient (Wildman–Crippen LogP) is 3.46. The van der Waals surface area contributed by atoms with Gasteiger partial charge in [0.1, 0.15) is 5.82 Å². The molecule has 4 rings (SSSR count). The van der Waals surface area contributed by atoms with Crippen molar-refractivity contribution in [3.63, 3.8) is 0 Å². The third-order valence-electron chi connectivity index (χ3n) is 4.47. The molecule has 0 saturated heterocycles. The van der Waals surface area contributed by atoms with Gasteiger partial charge in [0.05, 0.1) is 23.4 Å². The number of nitro benzene ring substituents is 1. The van der Waals surface area contributed by atoms with Crippen molar-refractivity contribution < 1.29 is 18.8 Å². The molecule has 162 valence electrons. The molecule has 0 aliphatic heterocycles. The second-order valence-electron chi connectivity index (χ2n) is 6.71. The fraction of sp³-hybridized carbons (Fsp3) is 0.0952. The molecule has 0 radical (unpaired) electrons. The summed E-state index contributed by atoms with van der Waals surface area (Å²) in [5, 5.41) is 22.0. The van der Waals surface area contributed by atoms with Gasteiger partial charge in [-0.1, -0.05) is 30.3 Å². The smallest absolute Gasteiger partial charge is 0.311 e. The number of aromatic nitrogens is 4. The van der Waals surface area contributed by atoms with Gasteiger partial charge >= 0.3 is 5.69 Å². The summed E-state index contributed by atoms with van der Waals surface area (Å²) in [5.41, 5.74) is 0.867. The fourth-order valence-electron chi connectivity index (χ4n) is 2.93. The van der Waals surface area contributed by atoms with E-state index in [1.165, 1.54) is 46.0 Å². The number of carbonyl (C=O) groups excluding carboxylic acids is 1. The highest BCUT2D eigenvalue weighted by Gasteiger charge is 2.15. The van der Waals surface area contributed by atoms with Gasteiger partial charge in [0.2, 0.25) is 0 Å². The monoisotopic (exact) mass is 436 g/mol. The molecule has 0 aliphatic rings. The number of hydrogen-bond donors (Lipinski definition) is 1. The van der Waals surface area contributed by atoms with E-state index in [1.807, 2.05) is 0 Å². The van der Waals surface area contributed by atoms with Crippen LogP contribution in [-0.2, 0) is 13.3 Å². The first-order valence-electron chi connectivity index (χ1n) is 9.46. The van der Waals surface area contributed by atoms with Crippen LogP contribution in [0.4, 0.5) is 15.8 Å². The van der Waals surface area contributed by atoms with E-state index in [9.17, 15) is 19.3 Å². The van der Waals surface area contributed by atoms with Crippen LogP contribution in [0, 0.1) is 15.9 Å². The molecule has 0 spiro atoms. The van der Waals surface area contributed by atoms with Crippen molar-refractivity contribution >= 4 is 17.3 Å². The summed E-state index contributed by atoms with van der Waals surface area (Å²) < 4.78 is 22.1. The number of anilines is 1. The lowest BCUT2D eigenvalue weighted by Crippen LogP contribution is -2.14. The van der Waals surface area contributed by atoms with Gasteiger partial charge in [-0.3, -0.25) is 19.6 Å². The highest BCUT2D eigenvalue weighted by atomic mass is 19.1. The van der Waals surface area contributed by atoms with E-state index in [-0.39, 0.29) is 36.2 Å². The number of ether oxygens (including phenoxy) is 1. The van der Waals surface area contributed by atoms with Crippen LogP contribution in [0.2, 0.25) is 0 Å². The van der Waals surface area contributed by atoms with Crippen molar-refractivity contribution in [2.75, 3.05) is 5.32 Å². The number of rotatable bonds is 8. The average Bonchev–Trinajstić information content (AvgIpc) is 3.44. The fourth-order valence-corrected chi connectivity index (χ4v) is 2.93. The molecule has 1 N–H and O–H groups in total. The van der Waals surface area contributed by atoms with Crippen LogP contribution in [-0.4, -0.2) is 30.4 Å². The minimum atomic E-state index is -0.538. The van der Waals surface area contributed by atoms with E-state index in [1.54, 1.807) is 36.5 Å². The minimum Gasteiger partial charge on any atom is -0.464 e. The zero-order valence-electron chi connectivity index (χ0n) is 16.6. The summed E-state index contributed by atoms with van der Waals surface area (Å²) in [6, 6.07) is 13.8. The van der Waals surface area contributed by atoms with Crippen molar-refractivity contribution in [3.05, 3.63) is 100 Å². The minimum absolute atomic E-state index is 0.0984. The van der Waals surface area contributed by atoms with Gasteiger partial charge in [-0.25, -0.2) is 9.07 Å². The number of para-hydroxylation sites is 2. The molecule has 0 fully saturated rings. The SMILES string of the molecule is O=C(Nc1cnn(Cc2ccccc2F)c1)c1ccn(COc2ccccc2[N+](=O)[O-])n1. The van der Waals surface area contributed by atoms with Crippen molar-refractivity contribution in [3.8, 4) is 5.75 Å². The molecule has 32 heavy (non-hydrogen) atoms. The third-order valence-corrected chi connectivity index (χ3v) is 4.47. The molecular weight excluding hydrogens is 419 g/mol. The van der Waals surface area contributed by atoms with Crippen molar-refractivity contribution in [2.24, 2.45) is 0 Å². The number of nitro groups is 1. The highest BCUT2D eigenvalue weighted by Crippen LogP contribution is 2.26. The van der Waals surface area contributed by atoms with Gasteiger partial charge in [0.25, 0.3) is 5.91 Å². The Morgan fingerprint density at radius 2 is 1.91 bits per heavy atom. The Morgan fingerprint density at radius 1 is 1.12 bits per heavy atom. The molecule has 0 atom stereocenters. The van der Waals surface area contributed by atoms with Crippen LogP contribution >= 0.6 is 0 Å². The average molecular weight is 436 g/mol. The number of amides is 1. The quantitative estimate of drug-likeness (QED) is 0.334. The summed E-state index contributed by atoms with van der Waals surface area (Å²) >= 11 is 0. The van der Waals surface area contributed by atoms with Crippen LogP contribution in [0.25, 0.3) is 0 Å². The van der Waals surface area contributed by atoms with Crippen LogP contribution in [0.3, 0.4) is 0 Å². The number of nitrogens with one attached hydrogen (secondary N) is 1. The largest absolute Gasteiger partial charge is 0.464 e. The normalized spacial score (nSPS) is 10.7. The molecule has 4 aromatic rings. The third kappa shape index (κ3) is 4.78. The number of halogens is 1. The Kier molecular flexibility index (Phi) is 5.88. The number of nitrogens with zero attached hydrogens (tertiary/aromatic N) is 5. The molecule has 0 saturated carbocycles. The van der Waals surface area contributed by atoms with Gasteiger partial charge in [-0.2, -0.15) is 10.2 Å². The first-order chi connectivity index (χ1) is 15.5. The number of benzene rings is 2. The lowest BCUT2D eigenvalue weighted by Gasteiger charge is -2.06. The van der Waals surface area contributed by atoms with Crippen molar-refractivity contribution in [2.45, 2.75) is 13.3 Å². The Hall–Kier alpha value is -4.54. The van der Waals surface area contributed by atoms with Crippen LogP contribution in [0.1, 0.15) is 16.1 Å². The zero-order chi connectivity index (χ0) is 22.5.